The molecule has 1 atom stereocenters. The molecule has 0 aromatic heterocycles. The highest BCUT2D eigenvalue weighted by atomic mass is 19.3. The molecule has 0 spiro atoms. The minimum atomic E-state index is -2.71. The Bertz CT molecular complexity index is 319. The molecule has 0 aliphatic rings. The Kier molecular flexibility index (Phi) is 4.42. The van der Waals surface area contributed by atoms with Gasteiger partial charge in [-0.15, -0.1) is 0 Å². The summed E-state index contributed by atoms with van der Waals surface area (Å²) in [5, 5.41) is 0. The van der Waals surface area contributed by atoms with Crippen LogP contribution in [0.1, 0.15) is 43.7 Å². The zero-order valence-corrected chi connectivity index (χ0v) is 9.84. The molecule has 2 N–H and O–H groups in total. The minimum absolute atomic E-state index is 0.0984. The fourth-order valence-electron chi connectivity index (χ4n) is 1.65. The molecule has 1 aromatic rings. The van der Waals surface area contributed by atoms with E-state index in [2.05, 4.69) is 0 Å². The predicted molar refractivity (Wildman–Crippen MR) is 62.7 cm³/mol. The Labute approximate surface area is 95.7 Å². The summed E-state index contributed by atoms with van der Waals surface area (Å²) < 4.78 is 27.1. The summed E-state index contributed by atoms with van der Waals surface area (Å²) in [5.41, 5.74) is 6.64. The fourth-order valence-corrected chi connectivity index (χ4v) is 1.65. The van der Waals surface area contributed by atoms with Crippen molar-refractivity contribution in [1.29, 1.82) is 0 Å². The second kappa shape index (κ2) is 5.39. The van der Waals surface area contributed by atoms with Gasteiger partial charge in [0.1, 0.15) is 0 Å². The molecule has 0 fully saturated rings. The Hall–Kier alpha value is -0.960. The first-order chi connectivity index (χ1) is 7.51. The van der Waals surface area contributed by atoms with Crippen LogP contribution in [0, 0.1) is 0 Å². The SMILES string of the molecule is CCCC(F)(F)c1ccc(C(C)CN)cc1. The molecule has 0 aliphatic heterocycles. The minimum Gasteiger partial charge on any atom is -0.330 e. The van der Waals surface area contributed by atoms with E-state index in [0.717, 1.165) is 5.56 Å². The maximum atomic E-state index is 13.5. The van der Waals surface area contributed by atoms with Crippen molar-refractivity contribution in [1.82, 2.24) is 0 Å². The molecule has 0 heterocycles. The highest BCUT2D eigenvalue weighted by molar-refractivity contribution is 5.28. The summed E-state index contributed by atoms with van der Waals surface area (Å²) >= 11 is 0. The van der Waals surface area contributed by atoms with E-state index in [1.807, 2.05) is 6.92 Å². The molecule has 0 aliphatic carbocycles. The van der Waals surface area contributed by atoms with E-state index >= 15 is 0 Å². The predicted octanol–water partition coefficient (Wildman–Crippen LogP) is 3.64. The quantitative estimate of drug-likeness (QED) is 0.816. The van der Waals surface area contributed by atoms with Crippen LogP contribution in [0.15, 0.2) is 24.3 Å². The van der Waals surface area contributed by atoms with Crippen LogP contribution in [0.2, 0.25) is 0 Å². The Morgan fingerprint density at radius 3 is 2.25 bits per heavy atom. The Balaban J connectivity index is 2.86. The normalized spacial score (nSPS) is 13.8. The molecule has 3 heteroatoms. The molecule has 0 saturated heterocycles. The van der Waals surface area contributed by atoms with Crippen molar-refractivity contribution in [2.45, 2.75) is 38.5 Å². The van der Waals surface area contributed by atoms with E-state index in [0.29, 0.717) is 13.0 Å². The molecule has 0 radical (unpaired) electrons. The molecular formula is C13H19F2N. The van der Waals surface area contributed by atoms with Crippen LogP contribution in [0.4, 0.5) is 8.78 Å². The molecule has 1 aromatic carbocycles. The van der Waals surface area contributed by atoms with Gasteiger partial charge in [-0.1, -0.05) is 44.5 Å². The summed E-state index contributed by atoms with van der Waals surface area (Å²) in [6.07, 6.45) is 0.382. The van der Waals surface area contributed by atoms with E-state index in [1.165, 1.54) is 12.1 Å². The molecule has 0 bridgehead atoms. The summed E-state index contributed by atoms with van der Waals surface area (Å²) in [6, 6.07) is 6.52. The van der Waals surface area contributed by atoms with Gasteiger partial charge < -0.3 is 5.73 Å². The van der Waals surface area contributed by atoms with Crippen molar-refractivity contribution < 1.29 is 8.78 Å². The smallest absolute Gasteiger partial charge is 0.273 e. The first kappa shape index (κ1) is 13.1. The maximum absolute atomic E-state index is 13.5. The van der Waals surface area contributed by atoms with Crippen molar-refractivity contribution in [3.05, 3.63) is 35.4 Å². The zero-order valence-electron chi connectivity index (χ0n) is 9.84. The maximum Gasteiger partial charge on any atom is 0.273 e. The van der Waals surface area contributed by atoms with Gasteiger partial charge in [-0.3, -0.25) is 0 Å². The third-order valence-electron chi connectivity index (χ3n) is 2.82. The second-order valence-electron chi connectivity index (χ2n) is 4.21. The van der Waals surface area contributed by atoms with Gasteiger partial charge in [0, 0.05) is 12.0 Å². The molecule has 16 heavy (non-hydrogen) atoms. The van der Waals surface area contributed by atoms with Crippen molar-refractivity contribution in [3.63, 3.8) is 0 Å². The van der Waals surface area contributed by atoms with E-state index in [4.69, 9.17) is 5.73 Å². The highest BCUT2D eigenvalue weighted by Gasteiger charge is 2.29. The summed E-state index contributed by atoms with van der Waals surface area (Å²) in [7, 11) is 0. The molecular weight excluding hydrogens is 208 g/mol. The van der Waals surface area contributed by atoms with Crippen LogP contribution >= 0.6 is 0 Å². The Morgan fingerprint density at radius 1 is 1.25 bits per heavy atom. The third kappa shape index (κ3) is 3.01. The van der Waals surface area contributed by atoms with Gasteiger partial charge in [-0.2, -0.15) is 0 Å². The van der Waals surface area contributed by atoms with Crippen molar-refractivity contribution in [2.24, 2.45) is 5.73 Å². The van der Waals surface area contributed by atoms with Crippen molar-refractivity contribution in [3.8, 4) is 0 Å². The van der Waals surface area contributed by atoms with Gasteiger partial charge in [0.2, 0.25) is 0 Å². The third-order valence-corrected chi connectivity index (χ3v) is 2.82. The van der Waals surface area contributed by atoms with E-state index in [-0.39, 0.29) is 17.9 Å². The van der Waals surface area contributed by atoms with Gasteiger partial charge in [-0.05, 0) is 18.0 Å². The topological polar surface area (TPSA) is 26.0 Å². The van der Waals surface area contributed by atoms with E-state index in [9.17, 15) is 8.78 Å². The van der Waals surface area contributed by atoms with Gasteiger partial charge in [0.15, 0.2) is 0 Å². The lowest BCUT2D eigenvalue weighted by Gasteiger charge is -2.17. The molecule has 1 unspecified atom stereocenters. The van der Waals surface area contributed by atoms with Crippen LogP contribution in [-0.2, 0) is 5.92 Å². The van der Waals surface area contributed by atoms with Gasteiger partial charge in [-0.25, -0.2) is 8.78 Å². The van der Waals surface area contributed by atoms with Crippen molar-refractivity contribution >= 4 is 0 Å². The first-order valence-corrected chi connectivity index (χ1v) is 5.69. The molecule has 1 rings (SSSR count). The highest BCUT2D eigenvalue weighted by Crippen LogP contribution is 2.33. The molecule has 90 valence electrons. The zero-order chi connectivity index (χ0) is 12.2. The van der Waals surface area contributed by atoms with E-state index < -0.39 is 5.92 Å². The van der Waals surface area contributed by atoms with Gasteiger partial charge in [0.25, 0.3) is 5.92 Å². The van der Waals surface area contributed by atoms with Crippen LogP contribution in [0.25, 0.3) is 0 Å². The average Bonchev–Trinajstić information content (AvgIpc) is 2.28. The Morgan fingerprint density at radius 2 is 1.81 bits per heavy atom. The second-order valence-corrected chi connectivity index (χ2v) is 4.21. The van der Waals surface area contributed by atoms with Gasteiger partial charge >= 0.3 is 0 Å². The average molecular weight is 227 g/mol. The number of alkyl halides is 2. The lowest BCUT2D eigenvalue weighted by atomic mass is 9.97. The number of hydrogen-bond acceptors (Lipinski definition) is 1. The molecule has 0 amide bonds. The molecule has 1 nitrogen and oxygen atoms in total. The first-order valence-electron chi connectivity index (χ1n) is 5.69. The monoisotopic (exact) mass is 227 g/mol. The summed E-state index contributed by atoms with van der Waals surface area (Å²) in [5.74, 6) is -2.49. The lowest BCUT2D eigenvalue weighted by molar-refractivity contribution is -0.0140. The number of nitrogens with two attached hydrogens (primary N) is 1. The largest absolute Gasteiger partial charge is 0.330 e. The van der Waals surface area contributed by atoms with E-state index in [1.54, 1.807) is 19.1 Å². The number of benzene rings is 1. The fraction of sp³-hybridized carbons (Fsp3) is 0.538. The standard InChI is InChI=1S/C13H19F2N/c1-3-8-13(14,15)12-6-4-11(5-7-12)10(2)9-16/h4-7,10H,3,8-9,16H2,1-2H3. The number of rotatable bonds is 5. The summed E-state index contributed by atoms with van der Waals surface area (Å²) in [6.45, 7) is 4.28. The molecule has 0 saturated carbocycles. The van der Waals surface area contributed by atoms with Crippen LogP contribution in [0.3, 0.4) is 0 Å². The number of halogens is 2. The van der Waals surface area contributed by atoms with Crippen LogP contribution in [-0.4, -0.2) is 6.54 Å². The van der Waals surface area contributed by atoms with Crippen molar-refractivity contribution in [2.75, 3.05) is 6.54 Å². The summed E-state index contributed by atoms with van der Waals surface area (Å²) in [4.78, 5) is 0. The lowest BCUT2D eigenvalue weighted by Crippen LogP contribution is -2.13. The van der Waals surface area contributed by atoms with Crippen LogP contribution in [0.5, 0.6) is 0 Å². The number of hydrogen-bond donors (Lipinski definition) is 1. The van der Waals surface area contributed by atoms with Crippen LogP contribution < -0.4 is 5.73 Å². The van der Waals surface area contributed by atoms with Gasteiger partial charge in [0.05, 0.1) is 0 Å².